The van der Waals surface area contributed by atoms with Crippen molar-refractivity contribution in [1.29, 1.82) is 0 Å². The van der Waals surface area contributed by atoms with E-state index in [0.29, 0.717) is 25.2 Å². The molecule has 5 nitrogen and oxygen atoms in total. The third-order valence-electron chi connectivity index (χ3n) is 4.48. The summed E-state index contributed by atoms with van der Waals surface area (Å²) in [5, 5.41) is 14.8. The van der Waals surface area contributed by atoms with Gasteiger partial charge in [0, 0.05) is 25.1 Å². The Hall–Kier alpha value is -1.07. The van der Waals surface area contributed by atoms with Gasteiger partial charge >= 0.3 is 6.03 Å². The van der Waals surface area contributed by atoms with Crippen LogP contribution in [-0.2, 0) is 4.74 Å². The number of ether oxygens (including phenoxy) is 1. The topological polar surface area (TPSA) is 70.6 Å². The van der Waals surface area contributed by atoms with E-state index in [2.05, 4.69) is 17.6 Å². The average Bonchev–Trinajstić information content (AvgIpc) is 2.93. The molecule has 0 spiro atoms. The minimum atomic E-state index is -0.163. The van der Waals surface area contributed by atoms with Crippen LogP contribution < -0.4 is 10.6 Å². The van der Waals surface area contributed by atoms with Crippen LogP contribution in [0.15, 0.2) is 12.2 Å². The number of hydrogen-bond donors (Lipinski definition) is 3. The van der Waals surface area contributed by atoms with Crippen LogP contribution in [-0.4, -0.2) is 43.0 Å². The van der Waals surface area contributed by atoms with Crippen molar-refractivity contribution in [3.05, 3.63) is 12.2 Å². The fourth-order valence-electron chi connectivity index (χ4n) is 3.14. The minimum absolute atomic E-state index is 0.0291. The predicted octanol–water partition coefficient (Wildman–Crippen LogP) is 1.82. The summed E-state index contributed by atoms with van der Waals surface area (Å²) in [5.74, 6) is 0.804. The molecule has 3 N–H and O–H groups in total. The molecule has 2 aliphatic rings. The normalized spacial score (nSPS) is 32.1. The lowest BCUT2D eigenvalue weighted by Crippen LogP contribution is -2.42. The number of urea groups is 1. The maximum atomic E-state index is 11.7. The maximum absolute atomic E-state index is 11.7. The molecule has 0 unspecified atom stereocenters. The molecule has 0 radical (unpaired) electrons. The lowest BCUT2D eigenvalue weighted by molar-refractivity contribution is -0.00244. The van der Waals surface area contributed by atoms with Gasteiger partial charge in [-0.1, -0.05) is 31.9 Å². The number of carbonyl (C=O) groups is 1. The minimum Gasteiger partial charge on any atom is -0.396 e. The van der Waals surface area contributed by atoms with Crippen molar-refractivity contribution >= 4 is 6.03 Å². The monoisotopic (exact) mass is 296 g/mol. The molecule has 0 saturated heterocycles. The van der Waals surface area contributed by atoms with Crippen molar-refractivity contribution in [2.45, 2.75) is 51.2 Å². The van der Waals surface area contributed by atoms with Crippen molar-refractivity contribution < 1.29 is 14.6 Å². The largest absolute Gasteiger partial charge is 0.396 e. The van der Waals surface area contributed by atoms with E-state index in [4.69, 9.17) is 9.84 Å². The fourth-order valence-corrected chi connectivity index (χ4v) is 3.14. The number of nitrogens with one attached hydrogen (secondary N) is 2. The second kappa shape index (κ2) is 8.39. The van der Waals surface area contributed by atoms with Crippen molar-refractivity contribution in [2.24, 2.45) is 11.8 Å². The van der Waals surface area contributed by atoms with Gasteiger partial charge in [0.25, 0.3) is 0 Å². The molecule has 0 aromatic rings. The average molecular weight is 296 g/mol. The Morgan fingerprint density at radius 3 is 2.86 bits per heavy atom. The van der Waals surface area contributed by atoms with Gasteiger partial charge in [0.05, 0.1) is 12.7 Å². The van der Waals surface area contributed by atoms with Crippen LogP contribution in [0.4, 0.5) is 4.79 Å². The molecule has 0 aliphatic heterocycles. The van der Waals surface area contributed by atoms with E-state index in [1.54, 1.807) is 0 Å². The van der Waals surface area contributed by atoms with Crippen LogP contribution >= 0.6 is 0 Å². The summed E-state index contributed by atoms with van der Waals surface area (Å²) in [6.45, 7) is 3.49. The zero-order chi connectivity index (χ0) is 15.1. The molecule has 0 aromatic heterocycles. The van der Waals surface area contributed by atoms with Gasteiger partial charge in [-0.3, -0.25) is 0 Å². The highest BCUT2D eigenvalue weighted by atomic mass is 16.5. The molecule has 0 heterocycles. The summed E-state index contributed by atoms with van der Waals surface area (Å²) in [5.41, 5.74) is 0. The highest BCUT2D eigenvalue weighted by Gasteiger charge is 2.22. The third kappa shape index (κ3) is 5.32. The van der Waals surface area contributed by atoms with Gasteiger partial charge in [-0.15, -0.1) is 0 Å². The van der Waals surface area contributed by atoms with Crippen LogP contribution in [0.2, 0.25) is 0 Å². The standard InChI is InChI=1S/C16H28N2O3/c1-12-4-2-3-5-15(12)21-9-8-17-16(20)18-14-7-6-13(10-14)11-19/h6-7,12-15,19H,2-5,8-11H2,1H3,(H2,17,18,20)/t12-,13-,14+,15-/m0/s1. The summed E-state index contributed by atoms with van der Waals surface area (Å²) in [4.78, 5) is 11.7. The van der Waals surface area contributed by atoms with E-state index in [1.165, 1.54) is 19.3 Å². The van der Waals surface area contributed by atoms with Crippen LogP contribution in [0.25, 0.3) is 0 Å². The quantitative estimate of drug-likeness (QED) is 0.517. The first-order valence-electron chi connectivity index (χ1n) is 8.14. The van der Waals surface area contributed by atoms with Gasteiger partial charge in [-0.05, 0) is 25.2 Å². The smallest absolute Gasteiger partial charge is 0.315 e. The van der Waals surface area contributed by atoms with E-state index in [-0.39, 0.29) is 24.6 Å². The van der Waals surface area contributed by atoms with Gasteiger partial charge in [0.15, 0.2) is 0 Å². The van der Waals surface area contributed by atoms with Gasteiger partial charge in [0.2, 0.25) is 0 Å². The second-order valence-corrected chi connectivity index (χ2v) is 6.24. The molecule has 0 aromatic carbocycles. The first kappa shape index (κ1) is 16.3. The lowest BCUT2D eigenvalue weighted by atomic mass is 9.88. The highest BCUT2D eigenvalue weighted by Crippen LogP contribution is 2.25. The van der Waals surface area contributed by atoms with Crippen LogP contribution in [0.5, 0.6) is 0 Å². The van der Waals surface area contributed by atoms with Gasteiger partial charge in [0.1, 0.15) is 0 Å². The molecule has 5 heteroatoms. The zero-order valence-corrected chi connectivity index (χ0v) is 12.9. The van der Waals surface area contributed by atoms with E-state index >= 15 is 0 Å². The van der Waals surface area contributed by atoms with Crippen LogP contribution in [0, 0.1) is 11.8 Å². The molecule has 120 valence electrons. The summed E-state index contributed by atoms with van der Waals surface area (Å²) >= 11 is 0. The summed E-state index contributed by atoms with van der Waals surface area (Å²) in [6, 6.07) is -0.134. The summed E-state index contributed by atoms with van der Waals surface area (Å²) < 4.78 is 5.86. The van der Waals surface area contributed by atoms with Crippen LogP contribution in [0.1, 0.15) is 39.0 Å². The Bertz CT molecular complexity index is 359. The lowest BCUT2D eigenvalue weighted by Gasteiger charge is -2.28. The molecule has 1 saturated carbocycles. The Balaban J connectivity index is 1.54. The molecule has 2 aliphatic carbocycles. The number of carbonyl (C=O) groups excluding carboxylic acids is 1. The molecule has 0 bridgehead atoms. The van der Waals surface area contributed by atoms with E-state index in [9.17, 15) is 4.79 Å². The van der Waals surface area contributed by atoms with Crippen molar-refractivity contribution in [3.8, 4) is 0 Å². The first-order valence-corrected chi connectivity index (χ1v) is 8.14. The van der Waals surface area contributed by atoms with Crippen molar-refractivity contribution in [3.63, 3.8) is 0 Å². The number of aliphatic hydroxyl groups is 1. The fraction of sp³-hybridized carbons (Fsp3) is 0.812. The predicted molar refractivity (Wildman–Crippen MR) is 82.0 cm³/mol. The number of aliphatic hydroxyl groups excluding tert-OH is 1. The SMILES string of the molecule is C[C@H]1CCCC[C@@H]1OCCNC(=O)N[C@@H]1C=C[C@H](CO)C1. The van der Waals surface area contributed by atoms with Gasteiger partial charge in [-0.2, -0.15) is 0 Å². The molecule has 4 atom stereocenters. The summed E-state index contributed by atoms with van der Waals surface area (Å²) in [7, 11) is 0. The number of amides is 2. The Kier molecular flexibility index (Phi) is 6.51. The number of hydrogen-bond acceptors (Lipinski definition) is 3. The first-order chi connectivity index (χ1) is 10.2. The van der Waals surface area contributed by atoms with E-state index < -0.39 is 0 Å². The maximum Gasteiger partial charge on any atom is 0.315 e. The molecular weight excluding hydrogens is 268 g/mol. The zero-order valence-electron chi connectivity index (χ0n) is 12.9. The third-order valence-corrected chi connectivity index (χ3v) is 4.48. The summed E-state index contributed by atoms with van der Waals surface area (Å²) in [6.07, 6.45) is 9.99. The van der Waals surface area contributed by atoms with E-state index in [1.807, 2.05) is 12.2 Å². The molecule has 21 heavy (non-hydrogen) atoms. The Morgan fingerprint density at radius 1 is 1.33 bits per heavy atom. The van der Waals surface area contributed by atoms with Gasteiger partial charge in [-0.25, -0.2) is 4.79 Å². The van der Waals surface area contributed by atoms with E-state index in [0.717, 1.165) is 12.8 Å². The van der Waals surface area contributed by atoms with Crippen LogP contribution in [0.3, 0.4) is 0 Å². The molecular formula is C16H28N2O3. The molecule has 2 rings (SSSR count). The highest BCUT2D eigenvalue weighted by molar-refractivity contribution is 5.74. The molecule has 2 amide bonds. The van der Waals surface area contributed by atoms with Crippen molar-refractivity contribution in [2.75, 3.05) is 19.8 Å². The Morgan fingerprint density at radius 2 is 2.14 bits per heavy atom. The van der Waals surface area contributed by atoms with Crippen molar-refractivity contribution in [1.82, 2.24) is 10.6 Å². The molecule has 1 fully saturated rings. The number of rotatable bonds is 6. The Labute approximate surface area is 127 Å². The second-order valence-electron chi connectivity index (χ2n) is 6.24. The van der Waals surface area contributed by atoms with Gasteiger partial charge < -0.3 is 20.5 Å².